The van der Waals surface area contributed by atoms with E-state index in [1.807, 2.05) is 6.08 Å². The van der Waals surface area contributed by atoms with Crippen LogP contribution in [0.1, 0.15) is 52.7 Å². The second-order valence-electron chi connectivity index (χ2n) is 7.52. The van der Waals surface area contributed by atoms with Crippen LogP contribution in [0.5, 0.6) is 0 Å². The fourth-order valence-corrected chi connectivity index (χ4v) is 2.63. The van der Waals surface area contributed by atoms with E-state index in [1.165, 1.54) is 27.8 Å². The average molecular weight is 321 g/mol. The van der Waals surface area contributed by atoms with Crippen molar-refractivity contribution in [2.24, 2.45) is 5.41 Å². The van der Waals surface area contributed by atoms with Crippen LogP contribution in [0.15, 0.2) is 77.9 Å². The quantitative estimate of drug-likeness (QED) is 0.494. The first-order chi connectivity index (χ1) is 11.1. The zero-order valence-corrected chi connectivity index (χ0v) is 16.5. The first-order valence-electron chi connectivity index (χ1n) is 8.57. The summed E-state index contributed by atoms with van der Waals surface area (Å²) in [6, 6.07) is 8.54. The zero-order chi connectivity index (χ0) is 18.5. The maximum Gasteiger partial charge on any atom is -0.0132 e. The predicted octanol–water partition coefficient (Wildman–Crippen LogP) is 7.45. The van der Waals surface area contributed by atoms with Gasteiger partial charge in [-0.15, -0.1) is 0 Å². The van der Waals surface area contributed by atoms with E-state index in [2.05, 4.69) is 98.0 Å². The Kier molecular flexibility index (Phi) is 6.78. The second-order valence-corrected chi connectivity index (χ2v) is 7.52. The first-order valence-corrected chi connectivity index (χ1v) is 8.57. The summed E-state index contributed by atoms with van der Waals surface area (Å²) in [5, 5.41) is 0. The minimum Gasteiger partial charge on any atom is -0.0984 e. The molecule has 1 aromatic carbocycles. The molecule has 0 saturated heterocycles. The molecule has 24 heavy (non-hydrogen) atoms. The van der Waals surface area contributed by atoms with Gasteiger partial charge >= 0.3 is 0 Å². The van der Waals surface area contributed by atoms with Crippen LogP contribution in [-0.4, -0.2) is 0 Å². The standard InChI is InChI=1S/C24H32/c1-10-20(21-14-12-13-18(5)15-21)16-23(17(3)4)22(11-2)19(6)24(7,8)9/h10-16H,1,6H2,2-5,7-9H3/b20-16+,22-11-. The van der Waals surface area contributed by atoms with Gasteiger partial charge in [0, 0.05) is 0 Å². The predicted molar refractivity (Wildman–Crippen MR) is 110 cm³/mol. The lowest BCUT2D eigenvalue weighted by Crippen LogP contribution is -2.12. The lowest BCUT2D eigenvalue weighted by atomic mass is 9.79. The highest BCUT2D eigenvalue weighted by molar-refractivity contribution is 5.78. The molecule has 0 saturated carbocycles. The van der Waals surface area contributed by atoms with Crippen LogP contribution in [0.25, 0.3) is 5.57 Å². The number of hydrogen-bond donors (Lipinski definition) is 0. The van der Waals surface area contributed by atoms with Crippen LogP contribution >= 0.6 is 0 Å². The molecule has 0 aliphatic rings. The molecule has 1 rings (SSSR count). The van der Waals surface area contributed by atoms with Crippen LogP contribution in [-0.2, 0) is 0 Å². The molecule has 0 atom stereocenters. The summed E-state index contributed by atoms with van der Waals surface area (Å²) in [5.41, 5.74) is 8.50. The van der Waals surface area contributed by atoms with Gasteiger partial charge in [-0.2, -0.15) is 0 Å². The van der Waals surface area contributed by atoms with Gasteiger partial charge in [-0.1, -0.05) is 81.5 Å². The highest BCUT2D eigenvalue weighted by Crippen LogP contribution is 2.36. The molecule has 0 nitrogen and oxygen atoms in total. The number of benzene rings is 1. The maximum atomic E-state index is 4.36. The van der Waals surface area contributed by atoms with Gasteiger partial charge in [0.25, 0.3) is 0 Å². The summed E-state index contributed by atoms with van der Waals surface area (Å²) in [4.78, 5) is 0. The Balaban J connectivity index is 3.48. The number of rotatable bonds is 5. The van der Waals surface area contributed by atoms with E-state index in [4.69, 9.17) is 0 Å². The zero-order valence-electron chi connectivity index (χ0n) is 16.5. The van der Waals surface area contributed by atoms with Crippen molar-refractivity contribution >= 4 is 5.57 Å². The molecule has 1 aromatic rings. The van der Waals surface area contributed by atoms with Crippen LogP contribution in [0.2, 0.25) is 0 Å². The molecule has 0 aliphatic carbocycles. The molecule has 0 heteroatoms. The molecule has 0 unspecified atom stereocenters. The van der Waals surface area contributed by atoms with Gasteiger partial charge in [0.2, 0.25) is 0 Å². The largest absolute Gasteiger partial charge is 0.0984 e. The summed E-state index contributed by atoms with van der Waals surface area (Å²) in [6.45, 7) is 23.5. The Labute approximate surface area is 149 Å². The van der Waals surface area contributed by atoms with Crippen LogP contribution < -0.4 is 0 Å². The van der Waals surface area contributed by atoms with Gasteiger partial charge in [0.15, 0.2) is 0 Å². The third-order valence-electron chi connectivity index (χ3n) is 4.22. The SMILES string of the molecule is C=C/C(=C\C(=C(C)C)/C(=C\C)C(=C)C(C)(C)C)c1cccc(C)c1. The van der Waals surface area contributed by atoms with Crippen molar-refractivity contribution in [2.45, 2.75) is 48.5 Å². The monoisotopic (exact) mass is 320 g/mol. The molecular weight excluding hydrogens is 288 g/mol. The lowest BCUT2D eigenvalue weighted by Gasteiger charge is -2.26. The normalized spacial score (nSPS) is 12.8. The molecule has 0 spiro atoms. The maximum absolute atomic E-state index is 4.36. The van der Waals surface area contributed by atoms with Gasteiger partial charge in [0.1, 0.15) is 0 Å². The smallest absolute Gasteiger partial charge is 0.0132 e. The van der Waals surface area contributed by atoms with E-state index in [0.717, 1.165) is 11.1 Å². The Morgan fingerprint density at radius 1 is 1.12 bits per heavy atom. The first kappa shape index (κ1) is 20.0. The third kappa shape index (κ3) is 4.96. The van der Waals surface area contributed by atoms with E-state index >= 15 is 0 Å². The summed E-state index contributed by atoms with van der Waals surface area (Å²) in [6.07, 6.45) is 6.34. The van der Waals surface area contributed by atoms with E-state index in [9.17, 15) is 0 Å². The minimum atomic E-state index is 0.0358. The van der Waals surface area contributed by atoms with Gasteiger partial charge in [-0.05, 0) is 67.0 Å². The summed E-state index contributed by atoms with van der Waals surface area (Å²) in [7, 11) is 0. The summed E-state index contributed by atoms with van der Waals surface area (Å²) >= 11 is 0. The van der Waals surface area contributed by atoms with E-state index in [0.29, 0.717) is 0 Å². The van der Waals surface area contributed by atoms with Crippen molar-refractivity contribution in [3.05, 3.63) is 89.1 Å². The molecule has 0 fully saturated rings. The molecule has 128 valence electrons. The van der Waals surface area contributed by atoms with Gasteiger partial charge in [0.05, 0.1) is 0 Å². The summed E-state index contributed by atoms with van der Waals surface area (Å²) in [5.74, 6) is 0. The van der Waals surface area contributed by atoms with Crippen molar-refractivity contribution in [3.63, 3.8) is 0 Å². The molecule has 0 bridgehead atoms. The highest BCUT2D eigenvalue weighted by Gasteiger charge is 2.20. The van der Waals surface area contributed by atoms with Crippen molar-refractivity contribution < 1.29 is 0 Å². The third-order valence-corrected chi connectivity index (χ3v) is 4.22. The number of allylic oxidation sites excluding steroid dienone is 8. The van der Waals surface area contributed by atoms with Crippen molar-refractivity contribution in [3.8, 4) is 0 Å². The molecule has 0 radical (unpaired) electrons. The second kappa shape index (κ2) is 8.15. The van der Waals surface area contributed by atoms with E-state index in [1.54, 1.807) is 0 Å². The summed E-state index contributed by atoms with van der Waals surface area (Å²) < 4.78 is 0. The van der Waals surface area contributed by atoms with Crippen molar-refractivity contribution in [2.75, 3.05) is 0 Å². The molecule has 0 heterocycles. The molecule has 0 aromatic heterocycles. The lowest BCUT2D eigenvalue weighted by molar-refractivity contribution is 0.513. The Morgan fingerprint density at radius 2 is 1.75 bits per heavy atom. The topological polar surface area (TPSA) is 0 Å². The van der Waals surface area contributed by atoms with Crippen molar-refractivity contribution in [1.29, 1.82) is 0 Å². The van der Waals surface area contributed by atoms with Crippen LogP contribution in [0.4, 0.5) is 0 Å². The molecular formula is C24H32. The van der Waals surface area contributed by atoms with E-state index < -0.39 is 0 Å². The van der Waals surface area contributed by atoms with Gasteiger partial charge in [-0.25, -0.2) is 0 Å². The van der Waals surface area contributed by atoms with E-state index in [-0.39, 0.29) is 5.41 Å². The molecule has 0 aliphatic heterocycles. The van der Waals surface area contributed by atoms with Gasteiger partial charge < -0.3 is 0 Å². The number of aryl methyl sites for hydroxylation is 1. The Bertz CT molecular complexity index is 709. The van der Waals surface area contributed by atoms with Crippen LogP contribution in [0.3, 0.4) is 0 Å². The number of hydrogen-bond acceptors (Lipinski definition) is 0. The van der Waals surface area contributed by atoms with Gasteiger partial charge in [-0.3, -0.25) is 0 Å². The molecule has 0 amide bonds. The Morgan fingerprint density at radius 3 is 2.17 bits per heavy atom. The van der Waals surface area contributed by atoms with Crippen LogP contribution in [0, 0.1) is 12.3 Å². The highest BCUT2D eigenvalue weighted by atomic mass is 14.2. The molecule has 0 N–H and O–H groups in total. The fraction of sp³-hybridized carbons (Fsp3) is 0.333. The van der Waals surface area contributed by atoms with Crippen molar-refractivity contribution in [1.82, 2.24) is 0 Å². The Hall–Kier alpha value is -2.08. The fourth-order valence-electron chi connectivity index (χ4n) is 2.63. The minimum absolute atomic E-state index is 0.0358. The average Bonchev–Trinajstić information content (AvgIpc) is 2.49.